The zero-order chi connectivity index (χ0) is 14.1. The highest BCUT2D eigenvalue weighted by Gasteiger charge is 2.71. The Morgan fingerprint density at radius 2 is 1.47 bits per heavy atom. The van der Waals surface area contributed by atoms with E-state index in [1.807, 2.05) is 0 Å². The molecule has 0 amide bonds. The molecule has 1 N–H and O–H groups in total. The highest BCUT2D eigenvalue weighted by molar-refractivity contribution is 5.85. The lowest BCUT2D eigenvalue weighted by atomic mass is 10.0. The van der Waals surface area contributed by atoms with Gasteiger partial charge in [-0.1, -0.05) is 6.58 Å². The molecule has 0 saturated carbocycles. The molecule has 0 bridgehead atoms. The van der Waals surface area contributed by atoms with Crippen molar-refractivity contribution >= 4 is 5.97 Å². The first-order valence-electron chi connectivity index (χ1n) is 3.70. The summed E-state index contributed by atoms with van der Waals surface area (Å²) in [5.74, 6) is -4.02. The van der Waals surface area contributed by atoms with Gasteiger partial charge in [-0.25, -0.2) is 4.79 Å². The van der Waals surface area contributed by atoms with Crippen LogP contribution in [0.15, 0.2) is 12.4 Å². The molecule has 0 aromatic carbocycles. The molecule has 0 aliphatic carbocycles. The lowest BCUT2D eigenvalue weighted by molar-refractivity contribution is -0.375. The summed E-state index contributed by atoms with van der Waals surface area (Å²) < 4.78 is 87.1. The second-order valence-corrected chi connectivity index (χ2v) is 2.84. The van der Waals surface area contributed by atoms with Crippen LogP contribution in [0.3, 0.4) is 0 Å². The van der Waals surface area contributed by atoms with Gasteiger partial charge < -0.3 is 9.84 Å². The van der Waals surface area contributed by atoms with E-state index in [1.54, 1.807) is 0 Å². The SMILES string of the molecule is C=C(F)C(=O)OCC(O)(C(F)(F)F)C(F)(F)F. The fraction of sp³-hybridized carbons (Fsp3) is 0.571. The van der Waals surface area contributed by atoms with Crippen LogP contribution in [0.5, 0.6) is 0 Å². The van der Waals surface area contributed by atoms with E-state index in [2.05, 4.69) is 11.3 Å². The third kappa shape index (κ3) is 3.32. The van der Waals surface area contributed by atoms with E-state index in [1.165, 1.54) is 0 Å². The summed E-state index contributed by atoms with van der Waals surface area (Å²) in [7, 11) is 0. The average molecular weight is 270 g/mol. The molecule has 0 atom stereocenters. The van der Waals surface area contributed by atoms with Gasteiger partial charge in [0.2, 0.25) is 5.83 Å². The summed E-state index contributed by atoms with van der Waals surface area (Å²) >= 11 is 0. The zero-order valence-electron chi connectivity index (χ0n) is 7.82. The minimum Gasteiger partial charge on any atom is -0.457 e. The van der Waals surface area contributed by atoms with E-state index in [0.29, 0.717) is 0 Å². The molecule has 17 heavy (non-hydrogen) atoms. The third-order valence-electron chi connectivity index (χ3n) is 1.57. The Hall–Kier alpha value is -1.32. The zero-order valence-corrected chi connectivity index (χ0v) is 7.82. The van der Waals surface area contributed by atoms with E-state index in [9.17, 15) is 35.5 Å². The number of esters is 1. The topological polar surface area (TPSA) is 46.5 Å². The molecule has 0 aliphatic rings. The Kier molecular flexibility index (Phi) is 4.16. The van der Waals surface area contributed by atoms with Gasteiger partial charge in [0.25, 0.3) is 5.60 Å². The van der Waals surface area contributed by atoms with E-state index in [-0.39, 0.29) is 0 Å². The van der Waals surface area contributed by atoms with Gasteiger partial charge in [0.1, 0.15) is 6.61 Å². The van der Waals surface area contributed by atoms with Gasteiger partial charge in [0.05, 0.1) is 0 Å². The third-order valence-corrected chi connectivity index (χ3v) is 1.57. The van der Waals surface area contributed by atoms with Gasteiger partial charge in [-0.05, 0) is 0 Å². The maximum absolute atomic E-state index is 12.0. The van der Waals surface area contributed by atoms with Gasteiger partial charge in [0, 0.05) is 0 Å². The monoisotopic (exact) mass is 270 g/mol. The highest BCUT2D eigenvalue weighted by atomic mass is 19.4. The first kappa shape index (κ1) is 15.7. The van der Waals surface area contributed by atoms with Crippen LogP contribution in [-0.4, -0.2) is 35.6 Å². The molecule has 0 unspecified atom stereocenters. The summed E-state index contributed by atoms with van der Waals surface area (Å²) in [6.07, 6.45) is -12.3. The molecule has 0 spiro atoms. The summed E-state index contributed by atoms with van der Waals surface area (Å²) in [6, 6.07) is 0. The van der Waals surface area contributed by atoms with Crippen LogP contribution in [0, 0.1) is 0 Å². The smallest absolute Gasteiger partial charge is 0.429 e. The number of aliphatic hydroxyl groups is 1. The van der Waals surface area contributed by atoms with Crippen molar-refractivity contribution < 1.29 is 45.4 Å². The summed E-state index contributed by atoms with van der Waals surface area (Å²) in [5.41, 5.74) is -5.26. The van der Waals surface area contributed by atoms with E-state index in [0.717, 1.165) is 0 Å². The van der Waals surface area contributed by atoms with Crippen molar-refractivity contribution in [3.05, 3.63) is 12.4 Å². The number of hydrogen-bond acceptors (Lipinski definition) is 3. The van der Waals surface area contributed by atoms with Crippen LogP contribution in [0.1, 0.15) is 0 Å². The van der Waals surface area contributed by atoms with Gasteiger partial charge in [-0.15, -0.1) is 0 Å². The van der Waals surface area contributed by atoms with Crippen molar-refractivity contribution in [2.75, 3.05) is 6.61 Å². The summed E-state index contributed by atoms with van der Waals surface area (Å²) in [4.78, 5) is 10.3. The molecule has 3 nitrogen and oxygen atoms in total. The van der Waals surface area contributed by atoms with Crippen LogP contribution in [0.2, 0.25) is 0 Å². The van der Waals surface area contributed by atoms with Crippen LogP contribution < -0.4 is 0 Å². The van der Waals surface area contributed by atoms with Gasteiger partial charge in [0.15, 0.2) is 0 Å². The van der Waals surface area contributed by atoms with Crippen LogP contribution in [-0.2, 0) is 9.53 Å². The fourth-order valence-corrected chi connectivity index (χ4v) is 0.573. The first-order chi connectivity index (χ1) is 7.33. The number of carbonyl (C=O) groups is 1. The molecule has 0 saturated heterocycles. The molecule has 0 fully saturated rings. The first-order valence-corrected chi connectivity index (χ1v) is 3.70. The number of carbonyl (C=O) groups excluding carboxylic acids is 1. The standard InChI is InChI=1S/C7H5F7O3/c1-3(8)4(15)17-2-5(16,6(9,10)11)7(12,13)14/h16H,1-2H2. The lowest BCUT2D eigenvalue weighted by Crippen LogP contribution is -2.60. The Morgan fingerprint density at radius 1 is 1.12 bits per heavy atom. The maximum atomic E-state index is 12.0. The number of alkyl halides is 6. The molecule has 0 rings (SSSR count). The predicted octanol–water partition coefficient (Wildman–Crippen LogP) is 1.87. The van der Waals surface area contributed by atoms with Crippen molar-refractivity contribution in [3.63, 3.8) is 0 Å². The number of ether oxygens (including phenoxy) is 1. The van der Waals surface area contributed by atoms with Crippen molar-refractivity contribution in [1.29, 1.82) is 0 Å². The Morgan fingerprint density at radius 3 is 1.71 bits per heavy atom. The van der Waals surface area contributed by atoms with E-state index < -0.39 is 36.4 Å². The summed E-state index contributed by atoms with van der Waals surface area (Å²) in [5, 5.41) is 8.44. The lowest BCUT2D eigenvalue weighted by Gasteiger charge is -2.31. The summed E-state index contributed by atoms with van der Waals surface area (Å²) in [6.45, 7) is -0.217. The number of halogens is 7. The molecule has 0 aliphatic heterocycles. The van der Waals surface area contributed by atoms with Crippen LogP contribution >= 0.6 is 0 Å². The Bertz CT molecular complexity index is 302. The van der Waals surface area contributed by atoms with E-state index >= 15 is 0 Å². The molecule has 0 aromatic rings. The van der Waals surface area contributed by atoms with Crippen molar-refractivity contribution in [2.45, 2.75) is 18.0 Å². The predicted molar refractivity (Wildman–Crippen MR) is 38.3 cm³/mol. The van der Waals surface area contributed by atoms with Gasteiger partial charge in [-0.3, -0.25) is 0 Å². The van der Waals surface area contributed by atoms with Gasteiger partial charge >= 0.3 is 18.3 Å². The molecule has 0 radical (unpaired) electrons. The van der Waals surface area contributed by atoms with Crippen molar-refractivity contribution in [1.82, 2.24) is 0 Å². The minimum atomic E-state index is -6.14. The Balaban J connectivity index is 5.01. The number of rotatable bonds is 3. The molecule has 0 heterocycles. The van der Waals surface area contributed by atoms with Crippen LogP contribution in [0.4, 0.5) is 30.7 Å². The Labute approximate surface area is 89.5 Å². The number of hydrogen-bond donors (Lipinski definition) is 1. The second kappa shape index (κ2) is 4.51. The highest BCUT2D eigenvalue weighted by Crippen LogP contribution is 2.43. The minimum absolute atomic E-state index is 1.89. The van der Waals surface area contributed by atoms with Crippen LogP contribution in [0.25, 0.3) is 0 Å². The molecular formula is C7H5F7O3. The van der Waals surface area contributed by atoms with Crippen molar-refractivity contribution in [3.8, 4) is 0 Å². The normalized spacial score (nSPS) is 13.4. The molecule has 0 aromatic heterocycles. The fourth-order valence-electron chi connectivity index (χ4n) is 0.573. The average Bonchev–Trinajstić information content (AvgIpc) is 2.09. The molecular weight excluding hydrogens is 265 g/mol. The maximum Gasteiger partial charge on any atom is 0.429 e. The van der Waals surface area contributed by atoms with Crippen molar-refractivity contribution in [2.24, 2.45) is 0 Å². The second-order valence-electron chi connectivity index (χ2n) is 2.84. The quantitative estimate of drug-likeness (QED) is 0.484. The van der Waals surface area contributed by atoms with Gasteiger partial charge in [-0.2, -0.15) is 30.7 Å². The molecule has 10 heteroatoms. The largest absolute Gasteiger partial charge is 0.457 e. The van der Waals surface area contributed by atoms with E-state index in [4.69, 9.17) is 5.11 Å². The molecule has 100 valence electrons.